The summed E-state index contributed by atoms with van der Waals surface area (Å²) in [7, 11) is 0. The minimum atomic E-state index is -0.663. The molecule has 0 aromatic carbocycles. The average molecular weight is 503 g/mol. The van der Waals surface area contributed by atoms with Crippen LogP contribution < -0.4 is 0 Å². The van der Waals surface area contributed by atoms with Crippen LogP contribution >= 0.6 is 0 Å². The van der Waals surface area contributed by atoms with Gasteiger partial charge in [0.05, 0.1) is 11.8 Å². The third kappa shape index (κ3) is 22.4. The zero-order valence-electron chi connectivity index (χ0n) is 22.9. The van der Waals surface area contributed by atoms with E-state index >= 15 is 0 Å². The van der Waals surface area contributed by atoms with Crippen molar-refractivity contribution in [3.05, 3.63) is 49.6 Å². The Morgan fingerprint density at radius 1 is 0.500 bits per heavy atom. The van der Waals surface area contributed by atoms with Gasteiger partial charge in [-0.1, -0.05) is 127 Å². The molecule has 0 radical (unpaired) electrons. The molecule has 2 atom stereocenters. The number of rotatable bonds is 27. The molecule has 0 aliphatic rings. The van der Waals surface area contributed by atoms with E-state index in [-0.39, 0.29) is 11.8 Å². The first kappa shape index (κ1) is 33.9. The minimum absolute atomic E-state index is 0.231. The number of carbonyl (C=O) groups is 2. The highest BCUT2D eigenvalue weighted by molar-refractivity contribution is 5.70. The molecule has 206 valence electrons. The first-order valence-electron chi connectivity index (χ1n) is 14.5. The van der Waals surface area contributed by atoms with Crippen LogP contribution in [-0.2, 0) is 9.59 Å². The molecule has 4 nitrogen and oxygen atoms in total. The largest absolute Gasteiger partial charge is 0.481 e. The molecule has 0 aliphatic heterocycles. The zero-order chi connectivity index (χ0) is 26.7. The number of carboxylic acid groups (broad SMARTS) is 2. The molecule has 0 aliphatic carbocycles. The van der Waals surface area contributed by atoms with Crippen molar-refractivity contribution in [2.75, 3.05) is 0 Å². The Kier molecular flexibility index (Phi) is 24.5. The second-order valence-electron chi connectivity index (χ2n) is 10.1. The standard InChI is InChI=1S/C32H54O4/c1-3-5-7-9-11-13-15-17-21-25-29(31(33)34)27-23-19-20-24-28-30(32(35)36)26-22-18-16-14-12-10-8-6-4-2/h3-8,29-30H,1-2,9-28H2,(H,33,34)(H,35,36). The average Bonchev–Trinajstić information content (AvgIpc) is 2.85. The molecule has 4 heteroatoms. The van der Waals surface area contributed by atoms with E-state index in [1.165, 1.54) is 38.5 Å². The highest BCUT2D eigenvalue weighted by Crippen LogP contribution is 2.22. The highest BCUT2D eigenvalue weighted by Gasteiger charge is 2.18. The number of aliphatic carboxylic acids is 2. The lowest BCUT2D eigenvalue weighted by Crippen LogP contribution is -2.14. The van der Waals surface area contributed by atoms with Gasteiger partial charge in [0.25, 0.3) is 0 Å². The molecule has 0 fully saturated rings. The summed E-state index contributed by atoms with van der Waals surface area (Å²) in [5.74, 6) is -1.79. The molecule has 0 heterocycles. The van der Waals surface area contributed by atoms with Gasteiger partial charge in [-0.05, 0) is 51.4 Å². The van der Waals surface area contributed by atoms with Gasteiger partial charge < -0.3 is 10.2 Å². The van der Waals surface area contributed by atoms with Crippen LogP contribution in [0.1, 0.15) is 128 Å². The van der Waals surface area contributed by atoms with Crippen molar-refractivity contribution < 1.29 is 19.8 Å². The summed E-state index contributed by atoms with van der Waals surface area (Å²) < 4.78 is 0. The van der Waals surface area contributed by atoms with E-state index in [0.29, 0.717) is 0 Å². The lowest BCUT2D eigenvalue weighted by molar-refractivity contribution is -0.143. The fourth-order valence-electron chi connectivity index (χ4n) is 4.67. The van der Waals surface area contributed by atoms with E-state index in [9.17, 15) is 19.8 Å². The van der Waals surface area contributed by atoms with Crippen LogP contribution in [0.2, 0.25) is 0 Å². The Morgan fingerprint density at radius 2 is 0.778 bits per heavy atom. The van der Waals surface area contributed by atoms with Gasteiger partial charge in [0.15, 0.2) is 0 Å². The molecular weight excluding hydrogens is 448 g/mol. The summed E-state index contributed by atoms with van der Waals surface area (Å²) in [6.07, 6.45) is 32.2. The molecule has 0 amide bonds. The van der Waals surface area contributed by atoms with Crippen LogP contribution in [0, 0.1) is 11.8 Å². The lowest BCUT2D eigenvalue weighted by Gasteiger charge is -2.13. The molecule has 0 saturated heterocycles. The maximum absolute atomic E-state index is 11.6. The number of carboxylic acids is 2. The SMILES string of the molecule is C=CC=CCCCCCCCC(CCCCCCC(CCCCCCCC=CC=C)C(=O)O)C(=O)O. The number of hydrogen-bond acceptors (Lipinski definition) is 2. The number of allylic oxidation sites excluding steroid dienone is 6. The van der Waals surface area contributed by atoms with E-state index in [2.05, 4.69) is 25.3 Å². The van der Waals surface area contributed by atoms with Crippen LogP contribution in [0.15, 0.2) is 49.6 Å². The maximum atomic E-state index is 11.6. The second kappa shape index (κ2) is 26.0. The van der Waals surface area contributed by atoms with Crippen molar-refractivity contribution in [2.24, 2.45) is 11.8 Å². The fraction of sp³-hybridized carbons (Fsp3) is 0.688. The van der Waals surface area contributed by atoms with Crippen LogP contribution in [0.3, 0.4) is 0 Å². The van der Waals surface area contributed by atoms with Crippen LogP contribution in [0.4, 0.5) is 0 Å². The van der Waals surface area contributed by atoms with Crippen LogP contribution in [-0.4, -0.2) is 22.2 Å². The van der Waals surface area contributed by atoms with Gasteiger partial charge in [0.1, 0.15) is 0 Å². The van der Waals surface area contributed by atoms with Crippen LogP contribution in [0.5, 0.6) is 0 Å². The zero-order valence-corrected chi connectivity index (χ0v) is 22.9. The summed E-state index contributed by atoms with van der Waals surface area (Å²) in [5.41, 5.74) is 0. The van der Waals surface area contributed by atoms with Gasteiger partial charge in [-0.3, -0.25) is 9.59 Å². The van der Waals surface area contributed by atoms with Crippen LogP contribution in [0.25, 0.3) is 0 Å². The molecule has 0 spiro atoms. The summed E-state index contributed by atoms with van der Waals surface area (Å²) in [5, 5.41) is 19.1. The topological polar surface area (TPSA) is 74.6 Å². The number of hydrogen-bond donors (Lipinski definition) is 2. The van der Waals surface area contributed by atoms with Crippen molar-refractivity contribution >= 4 is 11.9 Å². The van der Waals surface area contributed by atoms with Crippen molar-refractivity contribution in [3.63, 3.8) is 0 Å². The fourth-order valence-corrected chi connectivity index (χ4v) is 4.67. The summed E-state index contributed by atoms with van der Waals surface area (Å²) in [4.78, 5) is 23.2. The third-order valence-corrected chi connectivity index (χ3v) is 6.94. The van der Waals surface area contributed by atoms with E-state index in [0.717, 1.165) is 89.9 Å². The molecular formula is C32H54O4. The molecule has 36 heavy (non-hydrogen) atoms. The summed E-state index contributed by atoms with van der Waals surface area (Å²) in [6.45, 7) is 7.33. The van der Waals surface area contributed by atoms with E-state index in [1.54, 1.807) is 12.2 Å². The van der Waals surface area contributed by atoms with E-state index < -0.39 is 11.9 Å². The third-order valence-electron chi connectivity index (χ3n) is 6.94. The Hall–Kier alpha value is -2.10. The van der Waals surface area contributed by atoms with Gasteiger partial charge in [-0.15, -0.1) is 0 Å². The molecule has 0 rings (SSSR count). The lowest BCUT2D eigenvalue weighted by atomic mass is 9.92. The molecule has 2 unspecified atom stereocenters. The Bertz CT molecular complexity index is 566. The normalized spacial score (nSPS) is 13.2. The van der Waals surface area contributed by atoms with Gasteiger partial charge >= 0.3 is 11.9 Å². The molecule has 0 bridgehead atoms. The first-order chi connectivity index (χ1) is 17.5. The van der Waals surface area contributed by atoms with Crippen molar-refractivity contribution in [1.82, 2.24) is 0 Å². The molecule has 0 aromatic heterocycles. The predicted molar refractivity (Wildman–Crippen MR) is 153 cm³/mol. The van der Waals surface area contributed by atoms with Crippen molar-refractivity contribution in [2.45, 2.75) is 128 Å². The quantitative estimate of drug-likeness (QED) is 0.0866. The Labute approximate surface area is 221 Å². The minimum Gasteiger partial charge on any atom is -0.481 e. The monoisotopic (exact) mass is 502 g/mol. The highest BCUT2D eigenvalue weighted by atomic mass is 16.4. The molecule has 0 aromatic rings. The van der Waals surface area contributed by atoms with Crippen molar-refractivity contribution in [3.8, 4) is 0 Å². The number of unbranched alkanes of at least 4 members (excludes halogenated alkanes) is 13. The van der Waals surface area contributed by atoms with E-state index in [4.69, 9.17) is 0 Å². The summed E-state index contributed by atoms with van der Waals surface area (Å²) >= 11 is 0. The van der Waals surface area contributed by atoms with E-state index in [1.807, 2.05) is 12.2 Å². The Balaban J connectivity index is 3.83. The maximum Gasteiger partial charge on any atom is 0.306 e. The summed E-state index contributed by atoms with van der Waals surface area (Å²) in [6, 6.07) is 0. The first-order valence-corrected chi connectivity index (χ1v) is 14.5. The molecule has 0 saturated carbocycles. The second-order valence-corrected chi connectivity index (χ2v) is 10.1. The van der Waals surface area contributed by atoms with Gasteiger partial charge in [0, 0.05) is 0 Å². The van der Waals surface area contributed by atoms with Gasteiger partial charge in [-0.2, -0.15) is 0 Å². The molecule has 2 N–H and O–H groups in total. The van der Waals surface area contributed by atoms with Crippen molar-refractivity contribution in [1.29, 1.82) is 0 Å². The van der Waals surface area contributed by atoms with Gasteiger partial charge in [0.2, 0.25) is 0 Å². The smallest absolute Gasteiger partial charge is 0.306 e. The van der Waals surface area contributed by atoms with Gasteiger partial charge in [-0.25, -0.2) is 0 Å². The Morgan fingerprint density at radius 3 is 1.06 bits per heavy atom. The predicted octanol–water partition coefficient (Wildman–Crippen LogP) is 9.67.